The number of carbonyl (C=O) groups excluding carboxylic acids is 1. The monoisotopic (exact) mass is 303 g/mol. The molecule has 1 atom stereocenters. The van der Waals surface area contributed by atoms with Crippen molar-refractivity contribution < 1.29 is 24.3 Å². The molecule has 0 amide bonds. The lowest BCUT2D eigenvalue weighted by Gasteiger charge is -2.34. The first-order valence-corrected chi connectivity index (χ1v) is 7.93. The highest BCUT2D eigenvalue weighted by Gasteiger charge is 2.41. The Bertz CT molecular complexity index is 291. The molecule has 0 aromatic rings. The fraction of sp³-hybridized carbons (Fsp3) is 0.875. The highest BCUT2D eigenvalue weighted by molar-refractivity contribution is 5.97. The lowest BCUT2D eigenvalue weighted by atomic mass is 9.75. The molecule has 0 heterocycles. The first kappa shape index (κ1) is 22.2. The summed E-state index contributed by atoms with van der Waals surface area (Å²) in [7, 11) is 0. The van der Waals surface area contributed by atoms with E-state index in [1.807, 2.05) is 0 Å². The van der Waals surface area contributed by atoms with Gasteiger partial charge in [0.05, 0.1) is 32.1 Å². The average Bonchev–Trinajstić information content (AvgIpc) is 2.43. The van der Waals surface area contributed by atoms with Crippen LogP contribution in [0.4, 0.5) is 0 Å². The Morgan fingerprint density at radius 2 is 1.33 bits per heavy atom. The minimum absolute atomic E-state index is 0.0440. The lowest BCUT2D eigenvalue weighted by molar-refractivity contribution is -0.921. The van der Waals surface area contributed by atoms with E-state index in [1.165, 1.54) is 37.6 Å². The standard InChI is InChI=1S/C8H20N.C8H14O4/c1-5-9(6-2,7-3)8-4;1-4-8(5(2)3,6(9)10)7(11)12/h5-8H2,1-4H3;5H,4H2,1-3H3,(H,9,10)(H,11,12)/q+1;/p-1. The largest absolute Gasteiger partial charge is 0.549 e. The van der Waals surface area contributed by atoms with Gasteiger partial charge in [0, 0.05) is 0 Å². The van der Waals surface area contributed by atoms with E-state index in [4.69, 9.17) is 5.11 Å². The Labute approximate surface area is 129 Å². The van der Waals surface area contributed by atoms with Crippen LogP contribution < -0.4 is 5.11 Å². The molecule has 0 aromatic heterocycles. The fourth-order valence-electron chi connectivity index (χ4n) is 2.62. The number of carbonyl (C=O) groups is 2. The van der Waals surface area contributed by atoms with Crippen LogP contribution in [0, 0.1) is 11.3 Å². The summed E-state index contributed by atoms with van der Waals surface area (Å²) >= 11 is 0. The molecule has 0 aliphatic rings. The molecule has 1 N–H and O–H groups in total. The Morgan fingerprint density at radius 3 is 1.33 bits per heavy atom. The van der Waals surface area contributed by atoms with Gasteiger partial charge in [-0.05, 0) is 40.0 Å². The molecule has 0 spiro atoms. The molecule has 5 heteroatoms. The van der Waals surface area contributed by atoms with Crippen molar-refractivity contribution in [2.75, 3.05) is 26.2 Å². The summed E-state index contributed by atoms with van der Waals surface area (Å²) in [6.45, 7) is 18.9. The van der Waals surface area contributed by atoms with Gasteiger partial charge in [-0.25, -0.2) is 0 Å². The van der Waals surface area contributed by atoms with Crippen molar-refractivity contribution in [2.45, 2.75) is 54.9 Å². The van der Waals surface area contributed by atoms with Gasteiger partial charge in [-0.15, -0.1) is 0 Å². The number of carboxylic acids is 2. The van der Waals surface area contributed by atoms with Crippen LogP contribution in [-0.4, -0.2) is 47.7 Å². The van der Waals surface area contributed by atoms with Gasteiger partial charge in [0.1, 0.15) is 5.41 Å². The van der Waals surface area contributed by atoms with Gasteiger partial charge in [0.15, 0.2) is 0 Å². The van der Waals surface area contributed by atoms with Crippen molar-refractivity contribution in [2.24, 2.45) is 11.3 Å². The van der Waals surface area contributed by atoms with Gasteiger partial charge in [0.2, 0.25) is 0 Å². The third-order valence-corrected chi connectivity index (χ3v) is 4.97. The highest BCUT2D eigenvalue weighted by atomic mass is 16.4. The van der Waals surface area contributed by atoms with Gasteiger partial charge in [0.25, 0.3) is 0 Å². The van der Waals surface area contributed by atoms with Crippen molar-refractivity contribution in [3.8, 4) is 0 Å². The quantitative estimate of drug-likeness (QED) is 0.547. The normalized spacial score (nSPS) is 14.1. The van der Waals surface area contributed by atoms with Gasteiger partial charge < -0.3 is 19.5 Å². The topological polar surface area (TPSA) is 77.4 Å². The van der Waals surface area contributed by atoms with E-state index in [-0.39, 0.29) is 6.42 Å². The second-order valence-corrected chi connectivity index (χ2v) is 5.68. The van der Waals surface area contributed by atoms with Gasteiger partial charge in [-0.1, -0.05) is 20.8 Å². The van der Waals surface area contributed by atoms with Crippen LogP contribution in [0.1, 0.15) is 54.9 Å². The van der Waals surface area contributed by atoms with Crippen LogP contribution in [0.2, 0.25) is 0 Å². The molecular weight excluding hydrogens is 270 g/mol. The zero-order valence-electron chi connectivity index (χ0n) is 14.7. The molecule has 1 unspecified atom stereocenters. The Balaban J connectivity index is 0. The molecular formula is C16H33NO4. The first-order chi connectivity index (χ1) is 9.63. The smallest absolute Gasteiger partial charge is 0.315 e. The molecule has 0 aliphatic carbocycles. The molecule has 5 nitrogen and oxygen atoms in total. The Hall–Kier alpha value is -1.10. The van der Waals surface area contributed by atoms with Crippen LogP contribution in [-0.2, 0) is 9.59 Å². The van der Waals surface area contributed by atoms with Crippen LogP contribution in [0.5, 0.6) is 0 Å². The van der Waals surface area contributed by atoms with Crippen molar-refractivity contribution in [1.82, 2.24) is 0 Å². The molecule has 0 saturated carbocycles. The van der Waals surface area contributed by atoms with Gasteiger partial charge in [-0.3, -0.25) is 4.79 Å². The SMILES string of the molecule is CCC(C(=O)[O-])(C(=O)O)C(C)C.CC[N+](CC)(CC)CC. The van der Waals surface area contributed by atoms with E-state index < -0.39 is 23.3 Å². The second kappa shape index (κ2) is 9.77. The van der Waals surface area contributed by atoms with Gasteiger partial charge >= 0.3 is 5.97 Å². The van der Waals surface area contributed by atoms with Crippen LogP contribution in [0.3, 0.4) is 0 Å². The number of quaternary nitrogens is 1. The Morgan fingerprint density at radius 1 is 1.00 bits per heavy atom. The predicted octanol–water partition coefficient (Wildman–Crippen LogP) is 1.76. The first-order valence-electron chi connectivity index (χ1n) is 7.93. The maximum absolute atomic E-state index is 10.7. The van der Waals surface area contributed by atoms with E-state index in [2.05, 4.69) is 27.7 Å². The Kier molecular flexibility index (Phi) is 10.3. The molecule has 126 valence electrons. The summed E-state index contributed by atoms with van der Waals surface area (Å²) in [6.07, 6.45) is 0.0440. The average molecular weight is 303 g/mol. The molecule has 21 heavy (non-hydrogen) atoms. The zero-order valence-corrected chi connectivity index (χ0v) is 14.7. The number of nitrogens with zero attached hydrogens (tertiary/aromatic N) is 1. The maximum Gasteiger partial charge on any atom is 0.315 e. The summed E-state index contributed by atoms with van der Waals surface area (Å²) in [4.78, 5) is 21.4. The summed E-state index contributed by atoms with van der Waals surface area (Å²) in [5, 5.41) is 19.4. The minimum atomic E-state index is -1.74. The van der Waals surface area contributed by atoms with Crippen LogP contribution in [0.15, 0.2) is 0 Å². The molecule has 0 aliphatic heterocycles. The van der Waals surface area contributed by atoms with E-state index >= 15 is 0 Å². The third-order valence-electron chi connectivity index (χ3n) is 4.97. The maximum atomic E-state index is 10.7. The number of carboxylic acid groups (broad SMARTS) is 2. The number of hydrogen-bond acceptors (Lipinski definition) is 3. The van der Waals surface area contributed by atoms with Crippen molar-refractivity contribution in [3.63, 3.8) is 0 Å². The number of aliphatic carboxylic acids is 2. The molecule has 0 fully saturated rings. The third kappa shape index (κ3) is 5.30. The lowest BCUT2D eigenvalue weighted by Crippen LogP contribution is -2.50. The van der Waals surface area contributed by atoms with E-state index in [1.54, 1.807) is 13.8 Å². The van der Waals surface area contributed by atoms with Gasteiger partial charge in [-0.2, -0.15) is 0 Å². The molecule has 0 radical (unpaired) electrons. The molecule has 0 bridgehead atoms. The van der Waals surface area contributed by atoms with Crippen molar-refractivity contribution >= 4 is 11.9 Å². The second-order valence-electron chi connectivity index (χ2n) is 5.68. The predicted molar refractivity (Wildman–Crippen MR) is 82.6 cm³/mol. The minimum Gasteiger partial charge on any atom is -0.549 e. The summed E-state index contributed by atoms with van der Waals surface area (Å²) < 4.78 is 1.28. The summed E-state index contributed by atoms with van der Waals surface area (Å²) in [5.41, 5.74) is -1.74. The van der Waals surface area contributed by atoms with Crippen LogP contribution >= 0.6 is 0 Å². The zero-order chi connectivity index (χ0) is 17.3. The van der Waals surface area contributed by atoms with Crippen LogP contribution in [0.25, 0.3) is 0 Å². The van der Waals surface area contributed by atoms with E-state index in [0.717, 1.165) is 0 Å². The molecule has 0 aromatic carbocycles. The van der Waals surface area contributed by atoms with E-state index in [0.29, 0.717) is 0 Å². The van der Waals surface area contributed by atoms with E-state index in [9.17, 15) is 14.7 Å². The summed E-state index contributed by atoms with van der Waals surface area (Å²) in [5.74, 6) is -3.29. The van der Waals surface area contributed by atoms with Crippen molar-refractivity contribution in [3.05, 3.63) is 0 Å². The van der Waals surface area contributed by atoms with Crippen molar-refractivity contribution in [1.29, 1.82) is 0 Å². The fourth-order valence-corrected chi connectivity index (χ4v) is 2.62. The molecule has 0 saturated heterocycles. The number of rotatable bonds is 8. The highest BCUT2D eigenvalue weighted by Crippen LogP contribution is 2.31. The summed E-state index contributed by atoms with van der Waals surface area (Å²) in [6, 6.07) is 0. The number of hydrogen-bond donors (Lipinski definition) is 1. The molecule has 0 rings (SSSR count).